The molecule has 0 fully saturated rings. The number of hydrogen-bond donors (Lipinski definition) is 2. The third-order valence-electron chi connectivity index (χ3n) is 4.63. The molecule has 2 N–H and O–H groups in total. The summed E-state index contributed by atoms with van der Waals surface area (Å²) in [4.78, 5) is 24.1. The lowest BCUT2D eigenvalue weighted by Gasteiger charge is -2.19. The molecular weight excluding hydrogens is 438 g/mol. The van der Waals surface area contributed by atoms with Crippen LogP contribution in [0.1, 0.15) is 30.9 Å². The minimum atomic E-state index is -0.584. The number of aliphatic hydroxyl groups excluding tert-OH is 1. The third kappa shape index (κ3) is 9.79. The SMILES string of the molecule is C=CCOC(=O)/C=C/CCC[C@@H](OC(=O)Nc1ccc(OC)cc1)c1ccc(OCCO)cc1. The highest BCUT2D eigenvalue weighted by Gasteiger charge is 2.17. The van der Waals surface area contributed by atoms with Crippen molar-refractivity contribution in [3.05, 3.63) is 78.9 Å². The van der Waals surface area contributed by atoms with E-state index < -0.39 is 18.2 Å². The van der Waals surface area contributed by atoms with Crippen molar-refractivity contribution in [1.29, 1.82) is 0 Å². The highest BCUT2D eigenvalue weighted by atomic mass is 16.6. The molecule has 0 aliphatic heterocycles. The number of amides is 1. The van der Waals surface area contributed by atoms with Gasteiger partial charge in [0, 0.05) is 11.8 Å². The van der Waals surface area contributed by atoms with Crippen molar-refractivity contribution < 1.29 is 33.6 Å². The van der Waals surface area contributed by atoms with Crippen LogP contribution in [0.2, 0.25) is 0 Å². The van der Waals surface area contributed by atoms with E-state index in [0.29, 0.717) is 36.4 Å². The van der Waals surface area contributed by atoms with Crippen LogP contribution in [0.4, 0.5) is 10.5 Å². The number of carbonyl (C=O) groups is 2. The first-order valence-electron chi connectivity index (χ1n) is 10.9. The molecule has 2 rings (SSSR count). The van der Waals surface area contributed by atoms with Crippen LogP contribution in [0.3, 0.4) is 0 Å². The van der Waals surface area contributed by atoms with Gasteiger partial charge in [0.1, 0.15) is 30.8 Å². The lowest BCUT2D eigenvalue weighted by molar-refractivity contribution is -0.136. The lowest BCUT2D eigenvalue weighted by Crippen LogP contribution is -2.17. The van der Waals surface area contributed by atoms with Crippen molar-refractivity contribution in [2.24, 2.45) is 0 Å². The van der Waals surface area contributed by atoms with E-state index >= 15 is 0 Å². The van der Waals surface area contributed by atoms with Crippen LogP contribution in [-0.4, -0.2) is 44.1 Å². The second-order valence-corrected chi connectivity index (χ2v) is 7.14. The number of anilines is 1. The van der Waals surface area contributed by atoms with Crippen LogP contribution >= 0.6 is 0 Å². The summed E-state index contributed by atoms with van der Waals surface area (Å²) >= 11 is 0. The van der Waals surface area contributed by atoms with Gasteiger partial charge < -0.3 is 24.1 Å². The van der Waals surface area contributed by atoms with E-state index in [9.17, 15) is 9.59 Å². The number of esters is 1. The molecule has 2 aromatic rings. The van der Waals surface area contributed by atoms with Crippen molar-refractivity contribution >= 4 is 17.7 Å². The fraction of sp³-hybridized carbons (Fsp3) is 0.308. The Hall–Kier alpha value is -3.78. The zero-order valence-corrected chi connectivity index (χ0v) is 19.3. The van der Waals surface area contributed by atoms with Gasteiger partial charge >= 0.3 is 12.1 Å². The Morgan fingerprint density at radius 1 is 1.09 bits per heavy atom. The third-order valence-corrected chi connectivity index (χ3v) is 4.63. The molecule has 0 radical (unpaired) electrons. The minimum absolute atomic E-state index is 0.0757. The molecule has 34 heavy (non-hydrogen) atoms. The van der Waals surface area contributed by atoms with Crippen LogP contribution in [0, 0.1) is 0 Å². The van der Waals surface area contributed by atoms with Gasteiger partial charge in [-0.3, -0.25) is 5.32 Å². The number of ether oxygens (including phenoxy) is 4. The summed E-state index contributed by atoms with van der Waals surface area (Å²) in [6, 6.07) is 14.1. The molecule has 0 aromatic heterocycles. The van der Waals surface area contributed by atoms with Crippen molar-refractivity contribution in [2.45, 2.75) is 25.4 Å². The topological polar surface area (TPSA) is 103 Å². The van der Waals surface area contributed by atoms with Crippen LogP contribution in [-0.2, 0) is 14.3 Å². The van der Waals surface area contributed by atoms with Crippen molar-refractivity contribution in [1.82, 2.24) is 0 Å². The van der Waals surface area contributed by atoms with Crippen molar-refractivity contribution in [2.75, 3.05) is 32.2 Å². The van der Waals surface area contributed by atoms with Gasteiger partial charge in [-0.1, -0.05) is 30.9 Å². The van der Waals surface area contributed by atoms with Gasteiger partial charge in [-0.15, -0.1) is 0 Å². The fourth-order valence-corrected chi connectivity index (χ4v) is 2.98. The zero-order valence-electron chi connectivity index (χ0n) is 19.3. The number of nitrogens with one attached hydrogen (secondary N) is 1. The Bertz CT molecular complexity index is 923. The van der Waals surface area contributed by atoms with E-state index in [0.717, 1.165) is 5.56 Å². The zero-order chi connectivity index (χ0) is 24.6. The second kappa shape index (κ2) is 15.1. The predicted molar refractivity (Wildman–Crippen MR) is 129 cm³/mol. The Morgan fingerprint density at radius 3 is 2.44 bits per heavy atom. The number of aliphatic hydroxyl groups is 1. The number of carbonyl (C=O) groups excluding carboxylic acids is 2. The van der Waals surface area contributed by atoms with Gasteiger partial charge in [-0.05, 0) is 61.2 Å². The minimum Gasteiger partial charge on any atom is -0.497 e. The van der Waals surface area contributed by atoms with Gasteiger partial charge in [0.2, 0.25) is 0 Å². The molecule has 0 aliphatic rings. The number of benzene rings is 2. The van der Waals surface area contributed by atoms with E-state index in [4.69, 9.17) is 24.1 Å². The molecule has 1 amide bonds. The molecule has 8 heteroatoms. The average Bonchev–Trinajstić information content (AvgIpc) is 2.86. The Balaban J connectivity index is 1.99. The maximum Gasteiger partial charge on any atom is 0.412 e. The van der Waals surface area contributed by atoms with Crippen LogP contribution < -0.4 is 14.8 Å². The maximum absolute atomic E-state index is 12.5. The fourth-order valence-electron chi connectivity index (χ4n) is 2.98. The Labute approximate surface area is 199 Å². The molecule has 0 saturated heterocycles. The molecule has 182 valence electrons. The second-order valence-electron chi connectivity index (χ2n) is 7.14. The molecule has 0 heterocycles. The molecule has 2 aromatic carbocycles. The largest absolute Gasteiger partial charge is 0.497 e. The van der Waals surface area contributed by atoms with Gasteiger partial charge in [-0.25, -0.2) is 9.59 Å². The molecular formula is C26H31NO7. The molecule has 0 saturated carbocycles. The van der Waals surface area contributed by atoms with Crippen LogP contribution in [0.15, 0.2) is 73.3 Å². The number of rotatable bonds is 14. The van der Waals surface area contributed by atoms with E-state index in [1.807, 2.05) is 12.1 Å². The summed E-state index contributed by atoms with van der Waals surface area (Å²) in [5, 5.41) is 11.6. The van der Waals surface area contributed by atoms with E-state index in [1.165, 1.54) is 12.2 Å². The summed E-state index contributed by atoms with van der Waals surface area (Å²) in [5.41, 5.74) is 1.38. The number of unbranched alkanes of at least 4 members (excludes halogenated alkanes) is 1. The van der Waals surface area contributed by atoms with Gasteiger partial charge in [0.05, 0.1) is 13.7 Å². The average molecular weight is 470 g/mol. The quantitative estimate of drug-likeness (QED) is 0.177. The van der Waals surface area contributed by atoms with Crippen LogP contribution in [0.25, 0.3) is 0 Å². The molecule has 0 bridgehead atoms. The van der Waals surface area contributed by atoms with Crippen LogP contribution in [0.5, 0.6) is 11.5 Å². The first-order valence-corrected chi connectivity index (χ1v) is 10.9. The number of hydrogen-bond acceptors (Lipinski definition) is 7. The van der Waals surface area contributed by atoms with E-state index in [1.54, 1.807) is 49.6 Å². The van der Waals surface area contributed by atoms with Gasteiger partial charge in [0.15, 0.2) is 0 Å². The lowest BCUT2D eigenvalue weighted by atomic mass is 10.0. The molecule has 0 aliphatic carbocycles. The van der Waals surface area contributed by atoms with Gasteiger partial charge in [0.25, 0.3) is 0 Å². The number of allylic oxidation sites excluding steroid dienone is 1. The first-order chi connectivity index (χ1) is 16.5. The summed E-state index contributed by atoms with van der Waals surface area (Å²) in [6.45, 7) is 3.79. The molecule has 8 nitrogen and oxygen atoms in total. The summed E-state index contributed by atoms with van der Waals surface area (Å²) in [5.74, 6) is 0.868. The molecule has 1 atom stereocenters. The smallest absolute Gasteiger partial charge is 0.412 e. The molecule has 0 unspecified atom stereocenters. The number of methoxy groups -OCH3 is 1. The summed E-state index contributed by atoms with van der Waals surface area (Å²) in [7, 11) is 1.57. The summed E-state index contributed by atoms with van der Waals surface area (Å²) in [6.07, 6.45) is 5.35. The van der Waals surface area contributed by atoms with E-state index in [2.05, 4.69) is 11.9 Å². The van der Waals surface area contributed by atoms with Crippen molar-refractivity contribution in [3.8, 4) is 11.5 Å². The molecule has 0 spiro atoms. The predicted octanol–water partition coefficient (Wildman–Crippen LogP) is 4.81. The monoisotopic (exact) mass is 469 g/mol. The van der Waals surface area contributed by atoms with Crippen molar-refractivity contribution in [3.63, 3.8) is 0 Å². The normalized spacial score (nSPS) is 11.5. The highest BCUT2D eigenvalue weighted by Crippen LogP contribution is 2.27. The van der Waals surface area contributed by atoms with E-state index in [-0.39, 0.29) is 19.8 Å². The first kappa shape index (κ1) is 26.5. The maximum atomic E-state index is 12.5. The highest BCUT2D eigenvalue weighted by molar-refractivity contribution is 5.84. The Morgan fingerprint density at radius 2 is 1.79 bits per heavy atom. The van der Waals surface area contributed by atoms with Gasteiger partial charge in [-0.2, -0.15) is 0 Å². The summed E-state index contributed by atoms with van der Waals surface area (Å²) < 4.78 is 21.1. The Kier molecular flexibility index (Phi) is 11.8. The standard InChI is InChI=1S/C26H31NO7/c1-3-18-33-25(29)8-6-4-5-7-24(20-9-13-23(14-10-20)32-19-17-28)34-26(30)27-21-11-15-22(31-2)16-12-21/h3,6,8-16,24,28H,1,4-5,7,17-19H2,2H3,(H,27,30)/b8-6+/t24-/m1/s1.